The zero-order valence-corrected chi connectivity index (χ0v) is 11.2. The Morgan fingerprint density at radius 3 is 2.47 bits per heavy atom. The second kappa shape index (κ2) is 5.85. The van der Waals surface area contributed by atoms with Crippen molar-refractivity contribution in [2.24, 2.45) is 0 Å². The molecule has 0 aromatic heterocycles. The molecular formula is C16H18FNO. The number of nitrogens with one attached hydrogen (secondary N) is 1. The third kappa shape index (κ3) is 3.32. The van der Waals surface area contributed by atoms with Gasteiger partial charge in [-0.3, -0.25) is 0 Å². The highest BCUT2D eigenvalue weighted by molar-refractivity contribution is 5.53. The number of hydrogen-bond donors (Lipinski definition) is 2. The van der Waals surface area contributed by atoms with E-state index in [1.165, 1.54) is 23.3 Å². The third-order valence-electron chi connectivity index (χ3n) is 3.35. The molecule has 0 spiro atoms. The molecule has 0 bridgehead atoms. The van der Waals surface area contributed by atoms with Crippen LogP contribution in [0.3, 0.4) is 0 Å². The number of aryl methyl sites for hydroxylation is 1. The molecule has 2 N–H and O–H groups in total. The highest BCUT2D eigenvalue weighted by Gasteiger charge is 2.08. The van der Waals surface area contributed by atoms with Gasteiger partial charge in [-0.15, -0.1) is 0 Å². The number of hydrogen-bond acceptors (Lipinski definition) is 2. The number of rotatable bonds is 4. The van der Waals surface area contributed by atoms with Gasteiger partial charge in [-0.1, -0.05) is 24.3 Å². The van der Waals surface area contributed by atoms with Gasteiger partial charge in [0, 0.05) is 12.2 Å². The highest BCUT2D eigenvalue weighted by Crippen LogP contribution is 2.20. The molecule has 2 aromatic rings. The van der Waals surface area contributed by atoms with Crippen LogP contribution in [0.2, 0.25) is 0 Å². The largest absolute Gasteiger partial charge is 0.387 e. The Balaban J connectivity index is 2.02. The molecule has 0 aliphatic rings. The number of aliphatic hydroxyl groups is 1. The van der Waals surface area contributed by atoms with Crippen LogP contribution < -0.4 is 5.32 Å². The van der Waals surface area contributed by atoms with Gasteiger partial charge in [-0.05, 0) is 48.7 Å². The summed E-state index contributed by atoms with van der Waals surface area (Å²) in [5.74, 6) is -0.293. The van der Waals surface area contributed by atoms with Crippen molar-refractivity contribution in [2.75, 3.05) is 11.9 Å². The van der Waals surface area contributed by atoms with Crippen LogP contribution in [-0.2, 0) is 0 Å². The lowest BCUT2D eigenvalue weighted by Crippen LogP contribution is -2.13. The lowest BCUT2D eigenvalue weighted by Gasteiger charge is -2.15. The lowest BCUT2D eigenvalue weighted by molar-refractivity contribution is 0.191. The standard InChI is InChI=1S/C16H18FNO/c1-11-4-3-5-15(12(11)2)18-10-16(19)13-6-8-14(17)9-7-13/h3-9,16,18-19H,10H2,1-2H3. The quantitative estimate of drug-likeness (QED) is 0.879. The van der Waals surface area contributed by atoms with Gasteiger partial charge in [0.1, 0.15) is 5.82 Å². The Kier molecular flexibility index (Phi) is 4.17. The fourth-order valence-corrected chi connectivity index (χ4v) is 1.95. The van der Waals surface area contributed by atoms with Crippen LogP contribution in [0.15, 0.2) is 42.5 Å². The third-order valence-corrected chi connectivity index (χ3v) is 3.35. The molecule has 0 aliphatic heterocycles. The summed E-state index contributed by atoms with van der Waals surface area (Å²) >= 11 is 0. The first-order chi connectivity index (χ1) is 9.08. The SMILES string of the molecule is Cc1cccc(NCC(O)c2ccc(F)cc2)c1C. The molecule has 100 valence electrons. The number of benzene rings is 2. The van der Waals surface area contributed by atoms with Crippen molar-refractivity contribution in [2.45, 2.75) is 20.0 Å². The van der Waals surface area contributed by atoms with Crippen molar-refractivity contribution in [3.63, 3.8) is 0 Å². The molecule has 2 rings (SSSR count). The summed E-state index contributed by atoms with van der Waals surface area (Å²) < 4.78 is 12.8. The van der Waals surface area contributed by atoms with Crippen molar-refractivity contribution in [1.29, 1.82) is 0 Å². The van der Waals surface area contributed by atoms with Crippen LogP contribution in [0.4, 0.5) is 10.1 Å². The molecule has 3 heteroatoms. The fourth-order valence-electron chi connectivity index (χ4n) is 1.95. The molecular weight excluding hydrogens is 241 g/mol. The van der Waals surface area contributed by atoms with Gasteiger partial charge >= 0.3 is 0 Å². The van der Waals surface area contributed by atoms with Gasteiger partial charge in [0.05, 0.1) is 6.10 Å². The number of anilines is 1. The van der Waals surface area contributed by atoms with Crippen molar-refractivity contribution in [1.82, 2.24) is 0 Å². The predicted molar refractivity (Wildman–Crippen MR) is 75.8 cm³/mol. The molecule has 0 saturated carbocycles. The Morgan fingerprint density at radius 2 is 1.79 bits per heavy atom. The zero-order valence-electron chi connectivity index (χ0n) is 11.2. The van der Waals surface area contributed by atoms with Gasteiger partial charge in [0.15, 0.2) is 0 Å². The van der Waals surface area contributed by atoms with Gasteiger partial charge in [0.25, 0.3) is 0 Å². The normalized spacial score (nSPS) is 12.2. The van der Waals surface area contributed by atoms with E-state index in [9.17, 15) is 9.50 Å². The average molecular weight is 259 g/mol. The smallest absolute Gasteiger partial charge is 0.123 e. The van der Waals surface area contributed by atoms with E-state index >= 15 is 0 Å². The summed E-state index contributed by atoms with van der Waals surface area (Å²) in [6.07, 6.45) is -0.652. The maximum absolute atomic E-state index is 12.8. The molecule has 1 unspecified atom stereocenters. The van der Waals surface area contributed by atoms with E-state index in [-0.39, 0.29) is 5.82 Å². The van der Waals surface area contributed by atoms with Crippen molar-refractivity contribution in [3.8, 4) is 0 Å². The van der Waals surface area contributed by atoms with E-state index in [0.717, 1.165) is 5.69 Å². The highest BCUT2D eigenvalue weighted by atomic mass is 19.1. The monoisotopic (exact) mass is 259 g/mol. The molecule has 0 saturated heterocycles. The summed E-state index contributed by atoms with van der Waals surface area (Å²) in [7, 11) is 0. The maximum Gasteiger partial charge on any atom is 0.123 e. The Hall–Kier alpha value is -1.87. The van der Waals surface area contributed by atoms with Crippen LogP contribution >= 0.6 is 0 Å². The van der Waals surface area contributed by atoms with Crippen LogP contribution in [0.25, 0.3) is 0 Å². The maximum atomic E-state index is 12.8. The summed E-state index contributed by atoms with van der Waals surface area (Å²) in [6.45, 7) is 4.49. The van der Waals surface area contributed by atoms with Gasteiger partial charge in [-0.25, -0.2) is 4.39 Å². The fraction of sp³-hybridized carbons (Fsp3) is 0.250. The minimum absolute atomic E-state index is 0.293. The molecule has 2 aromatic carbocycles. The predicted octanol–water partition coefficient (Wildman–Crippen LogP) is 3.59. The van der Waals surface area contributed by atoms with Crippen molar-refractivity contribution < 1.29 is 9.50 Å². The molecule has 0 heterocycles. The van der Waals surface area contributed by atoms with E-state index < -0.39 is 6.10 Å². The Labute approximate surface area is 112 Å². The van der Waals surface area contributed by atoms with E-state index in [1.54, 1.807) is 12.1 Å². The van der Waals surface area contributed by atoms with E-state index in [2.05, 4.69) is 18.3 Å². The van der Waals surface area contributed by atoms with E-state index in [0.29, 0.717) is 12.1 Å². The molecule has 1 atom stereocenters. The second-order valence-corrected chi connectivity index (χ2v) is 4.70. The molecule has 2 nitrogen and oxygen atoms in total. The van der Waals surface area contributed by atoms with Crippen LogP contribution in [-0.4, -0.2) is 11.7 Å². The van der Waals surface area contributed by atoms with Crippen molar-refractivity contribution >= 4 is 5.69 Å². The summed E-state index contributed by atoms with van der Waals surface area (Å²) in [6, 6.07) is 11.9. The van der Waals surface area contributed by atoms with Crippen LogP contribution in [0.1, 0.15) is 22.8 Å². The van der Waals surface area contributed by atoms with Gasteiger partial charge < -0.3 is 10.4 Å². The minimum atomic E-state index is -0.652. The van der Waals surface area contributed by atoms with Crippen LogP contribution in [0, 0.1) is 19.7 Å². The topological polar surface area (TPSA) is 32.3 Å². The average Bonchev–Trinajstić information content (AvgIpc) is 2.41. The van der Waals surface area contributed by atoms with E-state index in [1.807, 2.05) is 19.1 Å². The molecule has 0 radical (unpaired) electrons. The van der Waals surface area contributed by atoms with Crippen molar-refractivity contribution in [3.05, 3.63) is 65.0 Å². The lowest BCUT2D eigenvalue weighted by atomic mass is 10.1. The first kappa shape index (κ1) is 13.6. The summed E-state index contributed by atoms with van der Waals surface area (Å²) in [4.78, 5) is 0. The zero-order chi connectivity index (χ0) is 13.8. The molecule has 19 heavy (non-hydrogen) atoms. The number of aliphatic hydroxyl groups excluding tert-OH is 1. The van der Waals surface area contributed by atoms with Gasteiger partial charge in [0.2, 0.25) is 0 Å². The van der Waals surface area contributed by atoms with Gasteiger partial charge in [-0.2, -0.15) is 0 Å². The molecule has 0 fully saturated rings. The van der Waals surface area contributed by atoms with Crippen LogP contribution in [0.5, 0.6) is 0 Å². The number of halogens is 1. The minimum Gasteiger partial charge on any atom is -0.387 e. The molecule has 0 aliphatic carbocycles. The summed E-state index contributed by atoms with van der Waals surface area (Å²) in [5, 5.41) is 13.3. The summed E-state index contributed by atoms with van der Waals surface area (Å²) in [5.41, 5.74) is 4.11. The Bertz CT molecular complexity index is 551. The molecule has 0 amide bonds. The Morgan fingerprint density at radius 1 is 1.11 bits per heavy atom. The van der Waals surface area contributed by atoms with E-state index in [4.69, 9.17) is 0 Å². The first-order valence-corrected chi connectivity index (χ1v) is 6.31. The first-order valence-electron chi connectivity index (χ1n) is 6.31. The second-order valence-electron chi connectivity index (χ2n) is 4.70.